The number of benzene rings is 2. The maximum atomic E-state index is 13.1. The van der Waals surface area contributed by atoms with Gasteiger partial charge in [0.05, 0.1) is 30.6 Å². The highest BCUT2D eigenvalue weighted by Crippen LogP contribution is 2.46. The van der Waals surface area contributed by atoms with E-state index in [0.29, 0.717) is 24.7 Å². The minimum absolute atomic E-state index is 0.0343. The topological polar surface area (TPSA) is 55.8 Å². The average molecular weight is 417 g/mol. The van der Waals surface area contributed by atoms with Gasteiger partial charge in [0.2, 0.25) is 0 Å². The Hall–Kier alpha value is -2.71. The number of carboxylic acids is 1. The fourth-order valence-electron chi connectivity index (χ4n) is 2.96. The Morgan fingerprint density at radius 1 is 1.21 bits per heavy atom. The van der Waals surface area contributed by atoms with E-state index in [9.17, 15) is 9.18 Å². The quantitative estimate of drug-likeness (QED) is 0.563. The zero-order valence-corrected chi connectivity index (χ0v) is 16.8. The van der Waals surface area contributed by atoms with Gasteiger partial charge in [0.25, 0.3) is 0 Å². The number of hydrogen-bond acceptors (Lipinski definition) is 3. The lowest BCUT2D eigenvalue weighted by Crippen LogP contribution is -2.21. The van der Waals surface area contributed by atoms with Crippen LogP contribution in [0.1, 0.15) is 37.7 Å². The van der Waals surface area contributed by atoms with Crippen LogP contribution in [-0.4, -0.2) is 24.3 Å². The summed E-state index contributed by atoms with van der Waals surface area (Å²) in [6, 6.07) is 11.4. The van der Waals surface area contributed by atoms with Crippen molar-refractivity contribution < 1.29 is 23.8 Å². The van der Waals surface area contributed by atoms with E-state index in [-0.39, 0.29) is 22.8 Å². The zero-order chi connectivity index (χ0) is 20.9. The van der Waals surface area contributed by atoms with Crippen LogP contribution in [0.5, 0.6) is 11.5 Å². The molecule has 0 radical (unpaired) electrons. The van der Waals surface area contributed by atoms with Crippen molar-refractivity contribution in [3.05, 3.63) is 58.9 Å². The van der Waals surface area contributed by atoms with Gasteiger partial charge in [-0.15, -0.1) is 5.92 Å². The van der Waals surface area contributed by atoms with Gasteiger partial charge in [-0.25, -0.2) is 4.39 Å². The number of hydrogen-bond donors (Lipinski definition) is 1. The highest BCUT2D eigenvalue weighted by Gasteiger charge is 2.44. The molecule has 1 aliphatic carbocycles. The number of carboxylic acid groups (broad SMARTS) is 1. The third kappa shape index (κ3) is 5.88. The predicted octanol–water partition coefficient (Wildman–Crippen LogP) is 5.30. The van der Waals surface area contributed by atoms with Crippen LogP contribution in [0.15, 0.2) is 42.5 Å². The molecule has 29 heavy (non-hydrogen) atoms. The van der Waals surface area contributed by atoms with Crippen LogP contribution < -0.4 is 9.47 Å². The van der Waals surface area contributed by atoms with E-state index in [0.717, 1.165) is 18.4 Å². The summed E-state index contributed by atoms with van der Waals surface area (Å²) < 4.78 is 24.8. The van der Waals surface area contributed by atoms with Crippen LogP contribution in [0.25, 0.3) is 0 Å². The molecule has 0 spiro atoms. The van der Waals surface area contributed by atoms with Crippen molar-refractivity contribution in [3.8, 4) is 23.3 Å². The van der Waals surface area contributed by atoms with Gasteiger partial charge in [0.1, 0.15) is 17.3 Å². The first-order valence-electron chi connectivity index (χ1n) is 9.35. The van der Waals surface area contributed by atoms with Gasteiger partial charge in [-0.3, -0.25) is 4.79 Å². The largest absolute Gasteiger partial charge is 0.493 e. The minimum Gasteiger partial charge on any atom is -0.493 e. The standard InChI is InChI=1S/C23H22ClFO4/c1-2-3-17(12-22(26)27)16-4-7-19(8-5-16)28-14-23(10-11-23)15-29-21-9-6-18(25)13-20(21)24/h4-9,13,17H,10-12,14-15H2,1H3,(H,26,27). The van der Waals surface area contributed by atoms with Crippen LogP contribution in [0.4, 0.5) is 4.39 Å². The number of aliphatic carboxylic acids is 1. The molecule has 3 rings (SSSR count). The third-order valence-electron chi connectivity index (χ3n) is 4.91. The van der Waals surface area contributed by atoms with Crippen molar-refractivity contribution in [3.63, 3.8) is 0 Å². The molecule has 1 aliphatic rings. The molecule has 1 N–H and O–H groups in total. The summed E-state index contributed by atoms with van der Waals surface area (Å²) in [5.41, 5.74) is 0.778. The summed E-state index contributed by atoms with van der Waals surface area (Å²) in [6.45, 7) is 2.64. The third-order valence-corrected chi connectivity index (χ3v) is 5.21. The molecule has 1 saturated carbocycles. The van der Waals surface area contributed by atoms with Crippen molar-refractivity contribution in [1.82, 2.24) is 0 Å². The Morgan fingerprint density at radius 3 is 2.48 bits per heavy atom. The fourth-order valence-corrected chi connectivity index (χ4v) is 3.19. The van der Waals surface area contributed by atoms with E-state index in [1.54, 1.807) is 6.92 Å². The van der Waals surface area contributed by atoms with Crippen LogP contribution in [0.3, 0.4) is 0 Å². The highest BCUT2D eigenvalue weighted by molar-refractivity contribution is 6.32. The van der Waals surface area contributed by atoms with Crippen molar-refractivity contribution in [2.45, 2.75) is 32.1 Å². The smallest absolute Gasteiger partial charge is 0.304 e. The van der Waals surface area contributed by atoms with E-state index in [4.69, 9.17) is 26.2 Å². The Labute approximate surface area is 174 Å². The summed E-state index contributed by atoms with van der Waals surface area (Å²) in [5, 5.41) is 9.29. The Kier molecular flexibility index (Phi) is 6.66. The van der Waals surface area contributed by atoms with Crippen LogP contribution in [0, 0.1) is 23.1 Å². The number of ether oxygens (including phenoxy) is 2. The van der Waals surface area contributed by atoms with Crippen LogP contribution in [-0.2, 0) is 4.79 Å². The number of halogens is 2. The zero-order valence-electron chi connectivity index (χ0n) is 16.1. The fraction of sp³-hybridized carbons (Fsp3) is 0.348. The van der Waals surface area contributed by atoms with Crippen LogP contribution >= 0.6 is 11.6 Å². The second-order valence-corrected chi connectivity index (χ2v) is 7.67. The van der Waals surface area contributed by atoms with Gasteiger partial charge >= 0.3 is 5.97 Å². The molecule has 6 heteroatoms. The molecule has 1 fully saturated rings. The molecule has 1 atom stereocenters. The molecule has 0 amide bonds. The molecule has 0 saturated heterocycles. The number of carbonyl (C=O) groups is 1. The van der Waals surface area contributed by atoms with E-state index >= 15 is 0 Å². The summed E-state index contributed by atoms with van der Waals surface area (Å²) in [7, 11) is 0. The van der Waals surface area contributed by atoms with Crippen LogP contribution in [0.2, 0.25) is 5.02 Å². The first kappa shape index (κ1) is 21.0. The SMILES string of the molecule is CC#CC(CC(=O)O)c1ccc(OCC2(COc3ccc(F)cc3Cl)CC2)cc1. The summed E-state index contributed by atoms with van der Waals surface area (Å²) >= 11 is 6.00. The van der Waals surface area contributed by atoms with Gasteiger partial charge in [0.15, 0.2) is 0 Å². The first-order chi connectivity index (χ1) is 13.9. The first-order valence-corrected chi connectivity index (χ1v) is 9.73. The molecule has 0 aromatic heterocycles. The summed E-state index contributed by atoms with van der Waals surface area (Å²) in [4.78, 5) is 11.0. The van der Waals surface area contributed by atoms with Crippen molar-refractivity contribution in [1.29, 1.82) is 0 Å². The maximum Gasteiger partial charge on any atom is 0.304 e. The molecule has 152 valence electrons. The summed E-state index contributed by atoms with van der Waals surface area (Å²) in [6.07, 6.45) is 1.93. The maximum absolute atomic E-state index is 13.1. The van der Waals surface area contributed by atoms with E-state index in [1.165, 1.54) is 18.2 Å². The van der Waals surface area contributed by atoms with Gasteiger partial charge in [-0.1, -0.05) is 29.7 Å². The molecular formula is C23H22ClFO4. The molecule has 1 unspecified atom stereocenters. The molecule has 4 nitrogen and oxygen atoms in total. The van der Waals surface area contributed by atoms with Crippen molar-refractivity contribution in [2.75, 3.05) is 13.2 Å². The Balaban J connectivity index is 1.55. The predicted molar refractivity (Wildman–Crippen MR) is 109 cm³/mol. The van der Waals surface area contributed by atoms with E-state index in [1.807, 2.05) is 24.3 Å². The lowest BCUT2D eigenvalue weighted by atomic mass is 9.96. The van der Waals surface area contributed by atoms with Gasteiger partial charge in [-0.05, 0) is 55.7 Å². The van der Waals surface area contributed by atoms with Crippen molar-refractivity contribution in [2.24, 2.45) is 5.41 Å². The van der Waals surface area contributed by atoms with E-state index in [2.05, 4.69) is 11.8 Å². The second kappa shape index (κ2) is 9.19. The second-order valence-electron chi connectivity index (χ2n) is 7.27. The molecule has 2 aromatic rings. The highest BCUT2D eigenvalue weighted by atomic mass is 35.5. The molecule has 0 heterocycles. The Morgan fingerprint density at radius 2 is 1.90 bits per heavy atom. The van der Waals surface area contributed by atoms with Crippen molar-refractivity contribution >= 4 is 17.6 Å². The average Bonchev–Trinajstić information content (AvgIpc) is 3.46. The Bertz CT molecular complexity index is 926. The summed E-state index contributed by atoms with van der Waals surface area (Å²) in [5.74, 6) is 5.27. The van der Waals surface area contributed by atoms with E-state index < -0.39 is 11.8 Å². The monoisotopic (exact) mass is 416 g/mol. The lowest BCUT2D eigenvalue weighted by molar-refractivity contribution is -0.137. The van der Waals surface area contributed by atoms with Gasteiger partial charge in [0, 0.05) is 5.41 Å². The number of rotatable bonds is 9. The molecular weight excluding hydrogens is 395 g/mol. The van der Waals surface area contributed by atoms with Gasteiger partial charge < -0.3 is 14.6 Å². The molecule has 0 aliphatic heterocycles. The van der Waals surface area contributed by atoms with Gasteiger partial charge in [-0.2, -0.15) is 0 Å². The molecule has 0 bridgehead atoms. The normalized spacial score (nSPS) is 15.0. The lowest BCUT2D eigenvalue weighted by Gasteiger charge is -2.18. The minimum atomic E-state index is -0.880. The molecule has 2 aromatic carbocycles.